The minimum Gasteiger partial charge on any atom is -0.478 e. The molecule has 2 amide bonds. The van der Waals surface area contributed by atoms with Gasteiger partial charge in [0.25, 0.3) is 0 Å². The molecule has 0 spiro atoms. The molecule has 21 heavy (non-hydrogen) atoms. The van der Waals surface area contributed by atoms with Crippen LogP contribution in [0.5, 0.6) is 0 Å². The number of carboxylic acid groups (broad SMARTS) is 1. The maximum Gasteiger partial charge on any atom is 0.340 e. The minimum atomic E-state index is -1.44. The van der Waals surface area contributed by atoms with Crippen molar-refractivity contribution in [2.24, 2.45) is 0 Å². The molecule has 0 aliphatic carbocycles. The Labute approximate surface area is 121 Å². The van der Waals surface area contributed by atoms with Gasteiger partial charge in [0.05, 0.1) is 18.3 Å². The lowest BCUT2D eigenvalue weighted by molar-refractivity contribution is 0.0693. The number of benzene rings is 1. The van der Waals surface area contributed by atoms with E-state index in [1.165, 1.54) is 17.0 Å². The summed E-state index contributed by atoms with van der Waals surface area (Å²) in [5.74, 6) is -2.35. The lowest BCUT2D eigenvalue weighted by Crippen LogP contribution is -2.47. The highest BCUT2D eigenvalue weighted by Gasteiger charge is 2.27. The van der Waals surface area contributed by atoms with E-state index in [1.807, 2.05) is 0 Å². The van der Waals surface area contributed by atoms with Crippen molar-refractivity contribution >= 4 is 17.7 Å². The second-order valence-corrected chi connectivity index (χ2v) is 4.92. The SMILES string of the molecule is O=C(O)c1c(F)cccc1NC(=O)N1CCCCC1CO. The summed E-state index contributed by atoms with van der Waals surface area (Å²) < 4.78 is 13.6. The number of carbonyl (C=O) groups is 2. The molecule has 0 radical (unpaired) electrons. The summed E-state index contributed by atoms with van der Waals surface area (Å²) in [4.78, 5) is 24.7. The number of nitrogens with one attached hydrogen (secondary N) is 1. The van der Waals surface area contributed by atoms with E-state index in [2.05, 4.69) is 5.32 Å². The number of urea groups is 1. The van der Waals surface area contributed by atoms with Gasteiger partial charge < -0.3 is 20.4 Å². The number of amides is 2. The lowest BCUT2D eigenvalue weighted by atomic mass is 10.0. The van der Waals surface area contributed by atoms with Crippen LogP contribution >= 0.6 is 0 Å². The third-order valence-electron chi connectivity index (χ3n) is 3.57. The second kappa shape index (κ2) is 6.53. The summed E-state index contributed by atoms with van der Waals surface area (Å²) in [6, 6.07) is 2.87. The fourth-order valence-electron chi connectivity index (χ4n) is 2.49. The molecule has 1 aliphatic rings. The van der Waals surface area contributed by atoms with Gasteiger partial charge in [-0.05, 0) is 31.4 Å². The topological polar surface area (TPSA) is 89.9 Å². The quantitative estimate of drug-likeness (QED) is 0.794. The van der Waals surface area contributed by atoms with E-state index >= 15 is 0 Å². The summed E-state index contributed by atoms with van der Waals surface area (Å²) >= 11 is 0. The first kappa shape index (κ1) is 15.2. The minimum absolute atomic E-state index is 0.0882. The first-order valence-electron chi connectivity index (χ1n) is 6.75. The molecule has 1 atom stereocenters. The molecule has 3 N–H and O–H groups in total. The van der Waals surface area contributed by atoms with E-state index in [0.717, 1.165) is 18.9 Å². The highest BCUT2D eigenvalue weighted by Crippen LogP contribution is 2.22. The van der Waals surface area contributed by atoms with Gasteiger partial charge in [-0.2, -0.15) is 0 Å². The molecule has 1 heterocycles. The number of nitrogens with zero attached hydrogens (tertiary/aromatic N) is 1. The molecule has 1 aromatic rings. The van der Waals surface area contributed by atoms with Gasteiger partial charge in [0.15, 0.2) is 0 Å². The molecule has 1 saturated heterocycles. The van der Waals surface area contributed by atoms with Gasteiger partial charge >= 0.3 is 12.0 Å². The Balaban J connectivity index is 2.19. The largest absolute Gasteiger partial charge is 0.478 e. The van der Waals surface area contributed by atoms with Crippen LogP contribution in [0.25, 0.3) is 0 Å². The zero-order chi connectivity index (χ0) is 15.4. The van der Waals surface area contributed by atoms with Crippen LogP contribution in [0.15, 0.2) is 18.2 Å². The van der Waals surface area contributed by atoms with E-state index in [1.54, 1.807) is 0 Å². The maximum absolute atomic E-state index is 13.6. The molecule has 0 aromatic heterocycles. The number of anilines is 1. The Morgan fingerprint density at radius 3 is 2.81 bits per heavy atom. The van der Waals surface area contributed by atoms with Gasteiger partial charge in [0.1, 0.15) is 11.4 Å². The highest BCUT2D eigenvalue weighted by molar-refractivity contribution is 6.00. The van der Waals surface area contributed by atoms with Crippen molar-refractivity contribution in [2.75, 3.05) is 18.5 Å². The van der Waals surface area contributed by atoms with Gasteiger partial charge in [-0.15, -0.1) is 0 Å². The van der Waals surface area contributed by atoms with E-state index in [9.17, 15) is 19.1 Å². The molecule has 1 aromatic carbocycles. The van der Waals surface area contributed by atoms with E-state index in [-0.39, 0.29) is 18.3 Å². The Kier molecular flexibility index (Phi) is 4.74. The highest BCUT2D eigenvalue weighted by atomic mass is 19.1. The monoisotopic (exact) mass is 296 g/mol. The van der Waals surface area contributed by atoms with E-state index in [4.69, 9.17) is 5.11 Å². The van der Waals surface area contributed by atoms with Crippen LogP contribution < -0.4 is 5.32 Å². The molecule has 6 nitrogen and oxygen atoms in total. The number of hydrogen-bond acceptors (Lipinski definition) is 3. The summed E-state index contributed by atoms with van der Waals surface area (Å²) in [6.45, 7) is 0.330. The maximum atomic E-state index is 13.6. The van der Waals surface area contributed by atoms with Gasteiger partial charge in [-0.25, -0.2) is 14.0 Å². The van der Waals surface area contributed by atoms with Gasteiger partial charge in [-0.1, -0.05) is 6.07 Å². The molecule has 0 saturated carbocycles. The first-order valence-corrected chi connectivity index (χ1v) is 6.75. The number of hydrogen-bond donors (Lipinski definition) is 3. The van der Waals surface area contributed by atoms with Crippen molar-refractivity contribution in [2.45, 2.75) is 25.3 Å². The summed E-state index contributed by atoms with van der Waals surface area (Å²) in [6.07, 6.45) is 2.44. The number of carbonyl (C=O) groups excluding carboxylic acids is 1. The molecule has 1 unspecified atom stereocenters. The molecular weight excluding hydrogens is 279 g/mol. The van der Waals surface area contributed by atoms with E-state index in [0.29, 0.717) is 13.0 Å². The van der Waals surface area contributed by atoms with Crippen LogP contribution in [-0.2, 0) is 0 Å². The van der Waals surface area contributed by atoms with Crippen LogP contribution in [0.3, 0.4) is 0 Å². The van der Waals surface area contributed by atoms with Crippen molar-refractivity contribution < 1.29 is 24.2 Å². The lowest BCUT2D eigenvalue weighted by Gasteiger charge is -2.34. The summed E-state index contributed by atoms with van der Waals surface area (Å²) in [7, 11) is 0. The van der Waals surface area contributed by atoms with Crippen molar-refractivity contribution in [3.63, 3.8) is 0 Å². The van der Waals surface area contributed by atoms with Crippen LogP contribution in [0, 0.1) is 5.82 Å². The predicted molar refractivity (Wildman–Crippen MR) is 73.8 cm³/mol. The average Bonchev–Trinajstić information content (AvgIpc) is 2.46. The molecular formula is C14H17FN2O4. The predicted octanol–water partition coefficient (Wildman–Crippen LogP) is 1.90. The fourth-order valence-corrected chi connectivity index (χ4v) is 2.49. The molecule has 0 bridgehead atoms. The Hall–Kier alpha value is -2.15. The Bertz CT molecular complexity index is 550. The van der Waals surface area contributed by atoms with Gasteiger partial charge in [0, 0.05) is 6.54 Å². The van der Waals surface area contributed by atoms with Crippen molar-refractivity contribution in [3.05, 3.63) is 29.6 Å². The average molecular weight is 296 g/mol. The van der Waals surface area contributed by atoms with Crippen molar-refractivity contribution in [1.82, 2.24) is 4.90 Å². The first-order chi connectivity index (χ1) is 10.0. The zero-order valence-corrected chi connectivity index (χ0v) is 11.4. The molecule has 1 aliphatic heterocycles. The van der Waals surface area contributed by atoms with E-state index < -0.39 is 23.4 Å². The summed E-state index contributed by atoms with van der Waals surface area (Å²) in [5.41, 5.74) is -0.654. The molecule has 1 fully saturated rings. The fraction of sp³-hybridized carbons (Fsp3) is 0.429. The third-order valence-corrected chi connectivity index (χ3v) is 3.57. The molecule has 114 valence electrons. The van der Waals surface area contributed by atoms with Crippen LogP contribution in [-0.4, -0.2) is 46.3 Å². The Morgan fingerprint density at radius 2 is 2.14 bits per heavy atom. The smallest absolute Gasteiger partial charge is 0.340 e. The van der Waals surface area contributed by atoms with Crippen LogP contribution in [0.2, 0.25) is 0 Å². The number of aliphatic hydroxyl groups excluding tert-OH is 1. The van der Waals surface area contributed by atoms with Gasteiger partial charge in [-0.3, -0.25) is 0 Å². The second-order valence-electron chi connectivity index (χ2n) is 4.92. The number of aromatic carboxylic acids is 1. The van der Waals surface area contributed by atoms with Crippen molar-refractivity contribution in [3.8, 4) is 0 Å². The number of aliphatic hydroxyl groups is 1. The number of halogens is 1. The Morgan fingerprint density at radius 1 is 1.38 bits per heavy atom. The molecule has 7 heteroatoms. The normalized spacial score (nSPS) is 18.4. The third kappa shape index (κ3) is 3.30. The van der Waals surface area contributed by atoms with Crippen LogP contribution in [0.1, 0.15) is 29.6 Å². The molecule has 2 rings (SSSR count). The standard InChI is InChI=1S/C14H17FN2O4/c15-10-5-3-6-11(12(10)13(19)20)16-14(21)17-7-2-1-4-9(17)8-18/h3,5-6,9,18H,1-2,4,7-8H2,(H,16,21)(H,19,20). The van der Waals surface area contributed by atoms with Crippen molar-refractivity contribution in [1.29, 1.82) is 0 Å². The summed E-state index contributed by atoms with van der Waals surface area (Å²) in [5, 5.41) is 20.7. The van der Waals surface area contributed by atoms with Crippen LogP contribution in [0.4, 0.5) is 14.9 Å². The number of piperidine rings is 1. The number of carboxylic acids is 1. The zero-order valence-electron chi connectivity index (χ0n) is 11.4. The van der Waals surface area contributed by atoms with Gasteiger partial charge in [0.2, 0.25) is 0 Å². The number of rotatable bonds is 3. The number of likely N-dealkylation sites (tertiary alicyclic amines) is 1.